The Kier molecular flexibility index (Phi) is 1.69. The van der Waals surface area contributed by atoms with E-state index < -0.39 is 0 Å². The van der Waals surface area contributed by atoms with Crippen molar-refractivity contribution in [2.75, 3.05) is 11.9 Å². The summed E-state index contributed by atoms with van der Waals surface area (Å²) < 4.78 is 5.30. The average Bonchev–Trinajstić information content (AvgIpc) is 2.91. The minimum absolute atomic E-state index is 0.860. The number of furan rings is 1. The number of hydrogen-bond acceptors (Lipinski definition) is 3. The van der Waals surface area contributed by atoms with Gasteiger partial charge in [-0.15, -0.1) is 0 Å². The number of hydrogen-bond donors (Lipinski definition) is 1. The molecule has 0 amide bonds. The van der Waals surface area contributed by atoms with E-state index in [2.05, 4.69) is 10.3 Å². The molecule has 3 heteroatoms. The molecule has 0 aliphatic heterocycles. The SMILES string of the molecule is c1cc2occc2c(NCC2CC2)n1. The molecule has 0 radical (unpaired) electrons. The second-order valence-electron chi connectivity index (χ2n) is 3.82. The summed E-state index contributed by atoms with van der Waals surface area (Å²) in [5.74, 6) is 1.81. The highest BCUT2D eigenvalue weighted by Gasteiger charge is 2.21. The standard InChI is InChI=1S/C11H12N2O/c1-2-8(1)7-13-11-9-4-6-14-10(9)3-5-12-11/h3-6,8H,1-2,7H2,(H,12,13). The second kappa shape index (κ2) is 3.01. The normalized spacial score (nSPS) is 16.0. The minimum Gasteiger partial charge on any atom is -0.464 e. The predicted octanol–water partition coefficient (Wildman–Crippen LogP) is 2.65. The van der Waals surface area contributed by atoms with E-state index in [1.807, 2.05) is 12.1 Å². The highest BCUT2D eigenvalue weighted by Crippen LogP contribution is 2.30. The summed E-state index contributed by atoms with van der Waals surface area (Å²) >= 11 is 0. The minimum atomic E-state index is 0.860. The molecule has 1 fully saturated rings. The molecule has 0 spiro atoms. The zero-order valence-corrected chi connectivity index (χ0v) is 7.86. The second-order valence-corrected chi connectivity index (χ2v) is 3.82. The summed E-state index contributed by atoms with van der Waals surface area (Å²) in [6.07, 6.45) is 6.19. The van der Waals surface area contributed by atoms with Gasteiger partial charge in [0.1, 0.15) is 11.4 Å². The van der Waals surface area contributed by atoms with Gasteiger partial charge in [0.25, 0.3) is 0 Å². The first-order valence-corrected chi connectivity index (χ1v) is 4.99. The Bertz CT molecular complexity index is 445. The van der Waals surface area contributed by atoms with Crippen molar-refractivity contribution in [3.8, 4) is 0 Å². The fraction of sp³-hybridized carbons (Fsp3) is 0.364. The molecule has 1 aliphatic rings. The van der Waals surface area contributed by atoms with Crippen molar-refractivity contribution < 1.29 is 4.42 Å². The summed E-state index contributed by atoms with van der Waals surface area (Å²) in [4.78, 5) is 4.31. The molecular weight excluding hydrogens is 176 g/mol. The summed E-state index contributed by atoms with van der Waals surface area (Å²) in [6, 6.07) is 3.84. The van der Waals surface area contributed by atoms with Crippen LogP contribution in [0.3, 0.4) is 0 Å². The lowest BCUT2D eigenvalue weighted by Crippen LogP contribution is -2.04. The van der Waals surface area contributed by atoms with Gasteiger partial charge in [-0.1, -0.05) is 0 Å². The van der Waals surface area contributed by atoms with Crippen molar-refractivity contribution in [1.82, 2.24) is 4.98 Å². The fourth-order valence-electron chi connectivity index (χ4n) is 1.60. The van der Waals surface area contributed by atoms with Gasteiger partial charge in [-0.3, -0.25) is 0 Å². The molecule has 14 heavy (non-hydrogen) atoms. The average molecular weight is 188 g/mol. The molecule has 3 rings (SSSR count). The van der Waals surface area contributed by atoms with E-state index in [9.17, 15) is 0 Å². The van der Waals surface area contributed by atoms with Gasteiger partial charge in [-0.05, 0) is 30.9 Å². The van der Waals surface area contributed by atoms with Crippen molar-refractivity contribution in [2.24, 2.45) is 5.92 Å². The van der Waals surface area contributed by atoms with Gasteiger partial charge < -0.3 is 9.73 Å². The number of nitrogens with one attached hydrogen (secondary N) is 1. The highest BCUT2D eigenvalue weighted by molar-refractivity contribution is 5.87. The van der Waals surface area contributed by atoms with Crippen LogP contribution < -0.4 is 5.32 Å². The summed E-state index contributed by atoms with van der Waals surface area (Å²) in [7, 11) is 0. The van der Waals surface area contributed by atoms with Gasteiger partial charge in [-0.2, -0.15) is 0 Å². The van der Waals surface area contributed by atoms with Crippen LogP contribution in [0, 0.1) is 5.92 Å². The molecule has 2 aromatic rings. The number of anilines is 1. The van der Waals surface area contributed by atoms with E-state index in [0.29, 0.717) is 0 Å². The Hall–Kier alpha value is -1.51. The summed E-state index contributed by atoms with van der Waals surface area (Å²) in [5, 5.41) is 4.44. The number of fused-ring (bicyclic) bond motifs is 1. The molecule has 1 N–H and O–H groups in total. The molecule has 0 saturated heterocycles. The smallest absolute Gasteiger partial charge is 0.139 e. The lowest BCUT2D eigenvalue weighted by molar-refractivity contribution is 0.615. The lowest BCUT2D eigenvalue weighted by atomic mass is 10.3. The maximum absolute atomic E-state index is 5.30. The Morgan fingerprint density at radius 3 is 3.21 bits per heavy atom. The molecule has 0 unspecified atom stereocenters. The molecule has 1 aliphatic carbocycles. The van der Waals surface area contributed by atoms with E-state index in [0.717, 1.165) is 29.2 Å². The van der Waals surface area contributed by atoms with Gasteiger partial charge in [0.15, 0.2) is 0 Å². The summed E-state index contributed by atoms with van der Waals surface area (Å²) in [5.41, 5.74) is 0.901. The van der Waals surface area contributed by atoms with E-state index in [1.165, 1.54) is 12.8 Å². The van der Waals surface area contributed by atoms with E-state index in [4.69, 9.17) is 4.42 Å². The van der Waals surface area contributed by atoms with Crippen LogP contribution in [0.25, 0.3) is 11.0 Å². The van der Waals surface area contributed by atoms with Gasteiger partial charge in [0.2, 0.25) is 0 Å². The molecule has 2 aromatic heterocycles. The van der Waals surface area contributed by atoms with Crippen LogP contribution in [-0.2, 0) is 0 Å². The van der Waals surface area contributed by atoms with Crippen molar-refractivity contribution in [1.29, 1.82) is 0 Å². The molecule has 1 saturated carbocycles. The number of nitrogens with zero attached hydrogens (tertiary/aromatic N) is 1. The molecule has 0 bridgehead atoms. The van der Waals surface area contributed by atoms with E-state index in [-0.39, 0.29) is 0 Å². The molecule has 3 nitrogen and oxygen atoms in total. The van der Waals surface area contributed by atoms with E-state index in [1.54, 1.807) is 12.5 Å². The van der Waals surface area contributed by atoms with Crippen molar-refractivity contribution >= 4 is 16.8 Å². The Morgan fingerprint density at radius 1 is 1.43 bits per heavy atom. The van der Waals surface area contributed by atoms with Gasteiger partial charge in [-0.25, -0.2) is 4.98 Å². The predicted molar refractivity (Wildman–Crippen MR) is 55.2 cm³/mol. The van der Waals surface area contributed by atoms with Gasteiger partial charge in [0, 0.05) is 12.7 Å². The Morgan fingerprint density at radius 2 is 2.36 bits per heavy atom. The zero-order chi connectivity index (χ0) is 9.38. The first kappa shape index (κ1) is 7.85. The van der Waals surface area contributed by atoms with E-state index >= 15 is 0 Å². The van der Waals surface area contributed by atoms with Crippen LogP contribution in [0.2, 0.25) is 0 Å². The van der Waals surface area contributed by atoms with Crippen LogP contribution in [0.4, 0.5) is 5.82 Å². The van der Waals surface area contributed by atoms with Crippen LogP contribution in [-0.4, -0.2) is 11.5 Å². The van der Waals surface area contributed by atoms with Crippen molar-refractivity contribution in [3.63, 3.8) is 0 Å². The van der Waals surface area contributed by atoms with Crippen LogP contribution >= 0.6 is 0 Å². The maximum atomic E-state index is 5.30. The number of rotatable bonds is 3. The number of aromatic nitrogens is 1. The maximum Gasteiger partial charge on any atom is 0.139 e. The highest BCUT2D eigenvalue weighted by atomic mass is 16.3. The third-order valence-electron chi connectivity index (χ3n) is 2.63. The zero-order valence-electron chi connectivity index (χ0n) is 7.86. The van der Waals surface area contributed by atoms with Crippen LogP contribution in [0.15, 0.2) is 29.0 Å². The molecule has 0 aromatic carbocycles. The lowest BCUT2D eigenvalue weighted by Gasteiger charge is -2.04. The molecule has 72 valence electrons. The largest absolute Gasteiger partial charge is 0.464 e. The van der Waals surface area contributed by atoms with Crippen molar-refractivity contribution in [2.45, 2.75) is 12.8 Å². The monoisotopic (exact) mass is 188 g/mol. The van der Waals surface area contributed by atoms with Gasteiger partial charge >= 0.3 is 0 Å². The Balaban J connectivity index is 1.89. The molecular formula is C11H12N2O. The van der Waals surface area contributed by atoms with Crippen molar-refractivity contribution in [3.05, 3.63) is 24.6 Å². The third kappa shape index (κ3) is 1.35. The Labute approximate surface area is 82.1 Å². The fourth-order valence-corrected chi connectivity index (χ4v) is 1.60. The molecule has 2 heterocycles. The number of pyridine rings is 1. The first-order chi connectivity index (χ1) is 6.93. The first-order valence-electron chi connectivity index (χ1n) is 4.99. The van der Waals surface area contributed by atoms with Gasteiger partial charge in [0.05, 0.1) is 11.6 Å². The topological polar surface area (TPSA) is 38.1 Å². The van der Waals surface area contributed by atoms with Crippen LogP contribution in [0.5, 0.6) is 0 Å². The molecule has 0 atom stereocenters. The quantitative estimate of drug-likeness (QED) is 0.804. The third-order valence-corrected chi connectivity index (χ3v) is 2.63. The summed E-state index contributed by atoms with van der Waals surface area (Å²) in [6.45, 7) is 1.04. The van der Waals surface area contributed by atoms with Crippen LogP contribution in [0.1, 0.15) is 12.8 Å².